The summed E-state index contributed by atoms with van der Waals surface area (Å²) in [4.78, 5) is 11.2. The summed E-state index contributed by atoms with van der Waals surface area (Å²) in [5.74, 6) is 0. The van der Waals surface area contributed by atoms with E-state index in [4.69, 9.17) is 0 Å². The Morgan fingerprint density at radius 2 is 1.90 bits per heavy atom. The first-order valence-electron chi connectivity index (χ1n) is 7.63. The van der Waals surface area contributed by atoms with Crippen LogP contribution in [0.1, 0.15) is 37.2 Å². The van der Waals surface area contributed by atoms with Crippen molar-refractivity contribution in [1.29, 1.82) is 0 Å². The standard InChI is InChI=1S/C17H22N4/c1-13-17(19-9-8-18-13)14(2)20-15-6-5-7-16(12-15)21-10-3-4-11-21/h5-9,12,14,20H,3-4,10-11H2,1-2H3. The maximum absolute atomic E-state index is 4.44. The largest absolute Gasteiger partial charge is 0.377 e. The Morgan fingerprint density at radius 1 is 1.14 bits per heavy atom. The molecule has 1 aromatic heterocycles. The number of nitrogens with zero attached hydrogens (tertiary/aromatic N) is 3. The fourth-order valence-electron chi connectivity index (χ4n) is 2.93. The van der Waals surface area contributed by atoms with Crippen LogP contribution >= 0.6 is 0 Å². The van der Waals surface area contributed by atoms with Gasteiger partial charge in [0.25, 0.3) is 0 Å². The highest BCUT2D eigenvalue weighted by atomic mass is 15.1. The fraction of sp³-hybridized carbons (Fsp3) is 0.412. The van der Waals surface area contributed by atoms with Gasteiger partial charge < -0.3 is 10.2 Å². The molecule has 0 aliphatic carbocycles. The molecule has 21 heavy (non-hydrogen) atoms. The molecule has 1 unspecified atom stereocenters. The summed E-state index contributed by atoms with van der Waals surface area (Å²) in [6.07, 6.45) is 6.08. The van der Waals surface area contributed by atoms with Gasteiger partial charge in [-0.25, -0.2) is 0 Å². The third-order valence-corrected chi connectivity index (χ3v) is 4.03. The Bertz CT molecular complexity index is 605. The molecule has 1 aliphatic heterocycles. The van der Waals surface area contributed by atoms with Crippen molar-refractivity contribution < 1.29 is 0 Å². The normalized spacial score (nSPS) is 16.0. The average Bonchev–Trinajstić information content (AvgIpc) is 3.02. The molecule has 0 saturated carbocycles. The van der Waals surface area contributed by atoms with E-state index in [9.17, 15) is 0 Å². The maximum atomic E-state index is 4.44. The van der Waals surface area contributed by atoms with Crippen molar-refractivity contribution in [2.45, 2.75) is 32.7 Å². The predicted molar refractivity (Wildman–Crippen MR) is 86.7 cm³/mol. The maximum Gasteiger partial charge on any atom is 0.0835 e. The zero-order valence-corrected chi connectivity index (χ0v) is 12.7. The van der Waals surface area contributed by atoms with Crippen LogP contribution in [-0.4, -0.2) is 23.1 Å². The van der Waals surface area contributed by atoms with Gasteiger partial charge in [-0.05, 0) is 44.9 Å². The van der Waals surface area contributed by atoms with Crippen LogP contribution in [0.5, 0.6) is 0 Å². The van der Waals surface area contributed by atoms with Crippen molar-refractivity contribution in [3.8, 4) is 0 Å². The van der Waals surface area contributed by atoms with E-state index in [1.165, 1.54) is 31.6 Å². The van der Waals surface area contributed by atoms with Gasteiger partial charge >= 0.3 is 0 Å². The lowest BCUT2D eigenvalue weighted by molar-refractivity contribution is 0.810. The van der Waals surface area contributed by atoms with Crippen LogP contribution in [0.25, 0.3) is 0 Å². The summed E-state index contributed by atoms with van der Waals surface area (Å²) in [6, 6.07) is 8.79. The van der Waals surface area contributed by atoms with Gasteiger partial charge in [-0.1, -0.05) is 6.07 Å². The molecule has 2 aromatic rings. The van der Waals surface area contributed by atoms with Gasteiger partial charge in [0.05, 0.1) is 17.4 Å². The lowest BCUT2D eigenvalue weighted by atomic mass is 10.1. The Hall–Kier alpha value is -2.10. The minimum Gasteiger partial charge on any atom is -0.377 e. The lowest BCUT2D eigenvalue weighted by Crippen LogP contribution is -2.18. The number of anilines is 2. The molecule has 0 spiro atoms. The predicted octanol–water partition coefficient (Wildman–Crippen LogP) is 3.56. The van der Waals surface area contributed by atoms with Crippen LogP contribution in [0.2, 0.25) is 0 Å². The fourth-order valence-corrected chi connectivity index (χ4v) is 2.93. The molecule has 4 nitrogen and oxygen atoms in total. The molecule has 0 bridgehead atoms. The van der Waals surface area contributed by atoms with Crippen molar-refractivity contribution in [2.75, 3.05) is 23.3 Å². The third kappa shape index (κ3) is 3.15. The Labute approximate surface area is 126 Å². The smallest absolute Gasteiger partial charge is 0.0835 e. The van der Waals surface area contributed by atoms with Crippen LogP contribution < -0.4 is 10.2 Å². The Balaban J connectivity index is 1.75. The molecule has 3 rings (SSSR count). The first-order chi connectivity index (χ1) is 10.2. The van der Waals surface area contributed by atoms with Gasteiger partial charge in [0.15, 0.2) is 0 Å². The van der Waals surface area contributed by atoms with Gasteiger partial charge in [0.2, 0.25) is 0 Å². The molecule has 2 heterocycles. The van der Waals surface area contributed by atoms with Gasteiger partial charge in [0, 0.05) is 36.9 Å². The molecule has 1 saturated heterocycles. The van der Waals surface area contributed by atoms with Crippen molar-refractivity contribution in [3.63, 3.8) is 0 Å². The van der Waals surface area contributed by atoms with Gasteiger partial charge in [0.1, 0.15) is 0 Å². The van der Waals surface area contributed by atoms with E-state index in [1.54, 1.807) is 12.4 Å². The highest BCUT2D eigenvalue weighted by Gasteiger charge is 2.14. The highest BCUT2D eigenvalue weighted by Crippen LogP contribution is 2.25. The topological polar surface area (TPSA) is 41.1 Å². The number of benzene rings is 1. The van der Waals surface area contributed by atoms with E-state index in [-0.39, 0.29) is 6.04 Å². The molecule has 110 valence electrons. The van der Waals surface area contributed by atoms with Gasteiger partial charge in [-0.15, -0.1) is 0 Å². The van der Waals surface area contributed by atoms with Crippen molar-refractivity contribution in [2.24, 2.45) is 0 Å². The van der Waals surface area contributed by atoms with Crippen LogP contribution in [-0.2, 0) is 0 Å². The second kappa shape index (κ2) is 6.12. The summed E-state index contributed by atoms with van der Waals surface area (Å²) in [5, 5.41) is 3.53. The SMILES string of the molecule is Cc1nccnc1C(C)Nc1cccc(N2CCCC2)c1. The van der Waals surface area contributed by atoms with Crippen LogP contribution in [0.4, 0.5) is 11.4 Å². The quantitative estimate of drug-likeness (QED) is 0.931. The van der Waals surface area contributed by atoms with E-state index < -0.39 is 0 Å². The molecule has 1 aromatic carbocycles. The van der Waals surface area contributed by atoms with Crippen LogP contribution in [0, 0.1) is 6.92 Å². The average molecular weight is 282 g/mol. The van der Waals surface area contributed by atoms with Crippen molar-refractivity contribution in [1.82, 2.24) is 9.97 Å². The first kappa shape index (κ1) is 13.9. The second-order valence-electron chi connectivity index (χ2n) is 5.64. The second-order valence-corrected chi connectivity index (χ2v) is 5.64. The zero-order valence-electron chi connectivity index (χ0n) is 12.7. The molecule has 1 fully saturated rings. The summed E-state index contributed by atoms with van der Waals surface area (Å²) in [5.41, 5.74) is 4.43. The minimum absolute atomic E-state index is 0.146. The minimum atomic E-state index is 0.146. The number of aromatic nitrogens is 2. The van der Waals surface area contributed by atoms with Crippen LogP contribution in [0.15, 0.2) is 36.7 Å². The molecular weight excluding hydrogens is 260 g/mol. The number of hydrogen-bond donors (Lipinski definition) is 1. The molecular formula is C17H22N4. The molecule has 0 radical (unpaired) electrons. The Kier molecular flexibility index (Phi) is 4.04. The van der Waals surface area contributed by atoms with Crippen LogP contribution in [0.3, 0.4) is 0 Å². The summed E-state index contributed by atoms with van der Waals surface area (Å²) < 4.78 is 0. The number of nitrogens with one attached hydrogen (secondary N) is 1. The first-order valence-corrected chi connectivity index (χ1v) is 7.63. The summed E-state index contributed by atoms with van der Waals surface area (Å²) in [6.45, 7) is 6.46. The molecule has 1 N–H and O–H groups in total. The van der Waals surface area contributed by atoms with E-state index in [0.717, 1.165) is 17.1 Å². The highest BCUT2D eigenvalue weighted by molar-refractivity contribution is 5.59. The van der Waals surface area contributed by atoms with E-state index >= 15 is 0 Å². The number of rotatable bonds is 4. The molecule has 1 atom stereocenters. The molecule has 0 amide bonds. The summed E-state index contributed by atoms with van der Waals surface area (Å²) >= 11 is 0. The van der Waals surface area contributed by atoms with Crippen molar-refractivity contribution >= 4 is 11.4 Å². The molecule has 4 heteroatoms. The number of hydrogen-bond acceptors (Lipinski definition) is 4. The Morgan fingerprint density at radius 3 is 2.67 bits per heavy atom. The lowest BCUT2D eigenvalue weighted by Gasteiger charge is -2.20. The van der Waals surface area contributed by atoms with Gasteiger partial charge in [-0.3, -0.25) is 9.97 Å². The molecule has 1 aliphatic rings. The number of aryl methyl sites for hydroxylation is 1. The monoisotopic (exact) mass is 282 g/mol. The van der Waals surface area contributed by atoms with Gasteiger partial charge in [-0.2, -0.15) is 0 Å². The van der Waals surface area contributed by atoms with E-state index in [0.29, 0.717) is 0 Å². The third-order valence-electron chi connectivity index (χ3n) is 4.03. The summed E-state index contributed by atoms with van der Waals surface area (Å²) in [7, 11) is 0. The zero-order chi connectivity index (χ0) is 14.7. The van der Waals surface area contributed by atoms with E-state index in [1.807, 2.05) is 6.92 Å². The van der Waals surface area contributed by atoms with Crippen molar-refractivity contribution in [3.05, 3.63) is 48.0 Å². The van der Waals surface area contributed by atoms with E-state index in [2.05, 4.69) is 51.4 Å².